The second kappa shape index (κ2) is 4.74. The summed E-state index contributed by atoms with van der Waals surface area (Å²) in [6.45, 7) is 0.926. The van der Waals surface area contributed by atoms with Crippen molar-refractivity contribution in [2.24, 2.45) is 0 Å². The molecule has 0 saturated carbocycles. The van der Waals surface area contributed by atoms with E-state index in [1.54, 1.807) is 6.20 Å². The Morgan fingerprint density at radius 1 is 1.33 bits per heavy atom. The molecular formula is C14H15N3O. The van der Waals surface area contributed by atoms with E-state index in [1.165, 1.54) is 0 Å². The average Bonchev–Trinajstić information content (AvgIpc) is 2.93. The number of hydrogen-bond acceptors (Lipinski definition) is 3. The van der Waals surface area contributed by atoms with Gasteiger partial charge in [-0.05, 0) is 43.7 Å². The summed E-state index contributed by atoms with van der Waals surface area (Å²) in [7, 11) is 0. The Bertz CT molecular complexity index is 571. The molecule has 0 bridgehead atoms. The minimum atomic E-state index is -0.0584. The summed E-state index contributed by atoms with van der Waals surface area (Å²) in [6, 6.07) is 9.56. The zero-order valence-corrected chi connectivity index (χ0v) is 10.0. The molecular weight excluding hydrogens is 226 g/mol. The fourth-order valence-electron chi connectivity index (χ4n) is 2.34. The number of pyridine rings is 1. The summed E-state index contributed by atoms with van der Waals surface area (Å²) in [6.07, 6.45) is 3.73. The molecule has 1 atom stereocenters. The first-order chi connectivity index (χ1) is 8.84. The number of carbonyl (C=O) groups excluding carboxylic acids is 1. The average molecular weight is 241 g/mol. The van der Waals surface area contributed by atoms with E-state index in [-0.39, 0.29) is 11.9 Å². The van der Waals surface area contributed by atoms with Gasteiger partial charge in [0.05, 0.1) is 17.2 Å². The summed E-state index contributed by atoms with van der Waals surface area (Å²) in [5.41, 5.74) is 1.73. The molecule has 1 fully saturated rings. The molecule has 18 heavy (non-hydrogen) atoms. The molecule has 4 heteroatoms. The van der Waals surface area contributed by atoms with Crippen LogP contribution in [0.15, 0.2) is 36.5 Å². The molecule has 2 N–H and O–H groups in total. The van der Waals surface area contributed by atoms with Crippen molar-refractivity contribution >= 4 is 22.5 Å². The van der Waals surface area contributed by atoms with Crippen LogP contribution in [0.1, 0.15) is 12.8 Å². The van der Waals surface area contributed by atoms with Crippen molar-refractivity contribution in [2.45, 2.75) is 18.9 Å². The summed E-state index contributed by atoms with van der Waals surface area (Å²) >= 11 is 0. The van der Waals surface area contributed by atoms with E-state index in [4.69, 9.17) is 0 Å². The Kier molecular flexibility index (Phi) is 2.94. The first-order valence-corrected chi connectivity index (χ1v) is 6.22. The third-order valence-corrected chi connectivity index (χ3v) is 3.28. The van der Waals surface area contributed by atoms with E-state index < -0.39 is 0 Å². The zero-order valence-electron chi connectivity index (χ0n) is 10.0. The Morgan fingerprint density at radius 2 is 2.28 bits per heavy atom. The Balaban J connectivity index is 1.88. The first-order valence-electron chi connectivity index (χ1n) is 6.22. The maximum atomic E-state index is 12.1. The lowest BCUT2D eigenvalue weighted by Crippen LogP contribution is -2.35. The molecule has 1 aliphatic rings. The maximum absolute atomic E-state index is 12.1. The van der Waals surface area contributed by atoms with Gasteiger partial charge in [-0.3, -0.25) is 9.78 Å². The van der Waals surface area contributed by atoms with E-state index in [0.29, 0.717) is 0 Å². The molecule has 0 radical (unpaired) electrons. The number of rotatable bonds is 2. The largest absolute Gasteiger partial charge is 0.324 e. The quantitative estimate of drug-likeness (QED) is 0.844. The number of amides is 1. The molecule has 0 unspecified atom stereocenters. The van der Waals surface area contributed by atoms with Gasteiger partial charge in [0.1, 0.15) is 0 Å². The molecule has 1 aliphatic heterocycles. The Morgan fingerprint density at radius 3 is 3.11 bits per heavy atom. The van der Waals surface area contributed by atoms with E-state index >= 15 is 0 Å². The van der Waals surface area contributed by atoms with Crippen molar-refractivity contribution in [3.05, 3.63) is 36.5 Å². The van der Waals surface area contributed by atoms with Crippen molar-refractivity contribution in [1.29, 1.82) is 0 Å². The second-order valence-corrected chi connectivity index (χ2v) is 4.51. The molecule has 0 spiro atoms. The lowest BCUT2D eigenvalue weighted by atomic mass is 10.1. The smallest absolute Gasteiger partial charge is 0.241 e. The highest BCUT2D eigenvalue weighted by Gasteiger charge is 2.22. The number of fused-ring (bicyclic) bond motifs is 1. The van der Waals surface area contributed by atoms with Gasteiger partial charge < -0.3 is 10.6 Å². The highest BCUT2D eigenvalue weighted by molar-refractivity contribution is 6.02. The number of carbonyl (C=O) groups is 1. The molecule has 4 nitrogen and oxygen atoms in total. The summed E-state index contributed by atoms with van der Waals surface area (Å²) in [5, 5.41) is 7.16. The highest BCUT2D eigenvalue weighted by Crippen LogP contribution is 2.21. The van der Waals surface area contributed by atoms with Gasteiger partial charge in [-0.15, -0.1) is 0 Å². The zero-order chi connectivity index (χ0) is 12.4. The molecule has 2 aromatic rings. The summed E-state index contributed by atoms with van der Waals surface area (Å²) in [5.74, 6) is 0.0452. The predicted molar refractivity (Wildman–Crippen MR) is 71.4 cm³/mol. The fourth-order valence-corrected chi connectivity index (χ4v) is 2.34. The maximum Gasteiger partial charge on any atom is 0.241 e. The van der Waals surface area contributed by atoms with Gasteiger partial charge in [0, 0.05) is 11.6 Å². The van der Waals surface area contributed by atoms with Gasteiger partial charge >= 0.3 is 0 Å². The predicted octanol–water partition coefficient (Wildman–Crippen LogP) is 1.93. The third kappa shape index (κ3) is 2.07. The van der Waals surface area contributed by atoms with Crippen LogP contribution in [0.4, 0.5) is 5.69 Å². The monoisotopic (exact) mass is 241 g/mol. The number of anilines is 1. The molecule has 1 aromatic carbocycles. The molecule has 1 saturated heterocycles. The fraction of sp³-hybridized carbons (Fsp3) is 0.286. The Labute approximate surface area is 105 Å². The topological polar surface area (TPSA) is 54.0 Å². The molecule has 1 aromatic heterocycles. The number of nitrogens with zero attached hydrogens (tertiary/aromatic N) is 1. The van der Waals surface area contributed by atoms with Crippen molar-refractivity contribution in [2.75, 3.05) is 11.9 Å². The van der Waals surface area contributed by atoms with Crippen LogP contribution in [-0.2, 0) is 4.79 Å². The van der Waals surface area contributed by atoms with E-state index in [9.17, 15) is 4.79 Å². The molecule has 0 aliphatic carbocycles. The van der Waals surface area contributed by atoms with Crippen molar-refractivity contribution in [1.82, 2.24) is 10.3 Å². The van der Waals surface area contributed by atoms with E-state index in [1.807, 2.05) is 30.3 Å². The Hall–Kier alpha value is -1.94. The number of benzene rings is 1. The normalized spacial score (nSPS) is 19.0. The van der Waals surface area contributed by atoms with Crippen LogP contribution in [0.25, 0.3) is 10.9 Å². The van der Waals surface area contributed by atoms with Gasteiger partial charge in [0.25, 0.3) is 0 Å². The lowest BCUT2D eigenvalue weighted by molar-refractivity contribution is -0.117. The molecule has 1 amide bonds. The van der Waals surface area contributed by atoms with Crippen molar-refractivity contribution in [3.63, 3.8) is 0 Å². The van der Waals surface area contributed by atoms with Gasteiger partial charge in [0.15, 0.2) is 0 Å². The standard InChI is InChI=1S/C14H15N3O/c18-14(13-7-3-9-16-13)17-12-6-1-5-11-10(12)4-2-8-15-11/h1-2,4-6,8,13,16H,3,7,9H2,(H,17,18)/t13-/m1/s1. The van der Waals surface area contributed by atoms with Crippen LogP contribution >= 0.6 is 0 Å². The van der Waals surface area contributed by atoms with Crippen molar-refractivity contribution in [3.8, 4) is 0 Å². The van der Waals surface area contributed by atoms with Crippen LogP contribution in [-0.4, -0.2) is 23.5 Å². The molecule has 92 valence electrons. The van der Waals surface area contributed by atoms with Gasteiger partial charge in [-0.25, -0.2) is 0 Å². The van der Waals surface area contributed by atoms with Crippen LogP contribution in [0, 0.1) is 0 Å². The van der Waals surface area contributed by atoms with Gasteiger partial charge in [-0.1, -0.05) is 6.07 Å². The van der Waals surface area contributed by atoms with Gasteiger partial charge in [0.2, 0.25) is 5.91 Å². The van der Waals surface area contributed by atoms with Gasteiger partial charge in [-0.2, -0.15) is 0 Å². The van der Waals surface area contributed by atoms with Crippen LogP contribution in [0.2, 0.25) is 0 Å². The van der Waals surface area contributed by atoms with E-state index in [2.05, 4.69) is 15.6 Å². The number of nitrogens with one attached hydrogen (secondary N) is 2. The molecule has 2 heterocycles. The molecule has 3 rings (SSSR count). The number of aromatic nitrogens is 1. The highest BCUT2D eigenvalue weighted by atomic mass is 16.2. The minimum Gasteiger partial charge on any atom is -0.324 e. The summed E-state index contributed by atoms with van der Waals surface area (Å²) < 4.78 is 0. The minimum absolute atomic E-state index is 0.0452. The number of hydrogen-bond donors (Lipinski definition) is 2. The lowest BCUT2D eigenvalue weighted by Gasteiger charge is -2.12. The third-order valence-electron chi connectivity index (χ3n) is 3.28. The first kappa shape index (κ1) is 11.2. The second-order valence-electron chi connectivity index (χ2n) is 4.51. The van der Waals surface area contributed by atoms with Crippen LogP contribution < -0.4 is 10.6 Å². The van der Waals surface area contributed by atoms with Crippen LogP contribution in [0.5, 0.6) is 0 Å². The van der Waals surface area contributed by atoms with E-state index in [0.717, 1.165) is 36.0 Å². The van der Waals surface area contributed by atoms with Crippen molar-refractivity contribution < 1.29 is 4.79 Å². The SMILES string of the molecule is O=C(Nc1cccc2ncccc12)[C@H]1CCCN1. The summed E-state index contributed by atoms with van der Waals surface area (Å²) in [4.78, 5) is 16.3. The van der Waals surface area contributed by atoms with Crippen LogP contribution in [0.3, 0.4) is 0 Å².